The minimum absolute atomic E-state index is 0.601. The quantitative estimate of drug-likeness (QED) is 0.149. The van der Waals surface area contributed by atoms with Crippen molar-refractivity contribution in [1.82, 2.24) is 24.5 Å². The second-order valence-electron chi connectivity index (χ2n) is 17.7. The molecule has 0 fully saturated rings. The van der Waals surface area contributed by atoms with E-state index in [1.54, 1.807) is 0 Å². The van der Waals surface area contributed by atoms with Crippen LogP contribution in [0.4, 0.5) is 0 Å². The lowest BCUT2D eigenvalue weighted by Crippen LogP contribution is -2.01. The van der Waals surface area contributed by atoms with Gasteiger partial charge in [-0.2, -0.15) is 0 Å². The Morgan fingerprint density at radius 1 is 0.300 bits per heavy atom. The van der Waals surface area contributed by atoms with Crippen molar-refractivity contribution in [3.8, 4) is 73.4 Å². The van der Waals surface area contributed by atoms with Crippen LogP contribution in [0.1, 0.15) is 0 Å². The number of nitrogens with zero attached hydrogens (tertiary/aromatic N) is 5. The molecule has 0 bridgehead atoms. The number of benzene rings is 10. The molecule has 0 saturated heterocycles. The molecule has 0 aliphatic carbocycles. The third-order valence-corrected chi connectivity index (χ3v) is 13.6. The van der Waals surface area contributed by atoms with Gasteiger partial charge < -0.3 is 8.98 Å². The SMILES string of the molecule is c1ccc(-c2nc(-c3ccc(-c4cccc(-c5nc6ccccc6c6c(-c7ccccc7)c7c(cc56)oc5ccccc57)c4)cc3)nc(-c3cccc(-n4c5ccccc5c5ccccc54)c3)n2)cc1. The van der Waals surface area contributed by atoms with Crippen molar-refractivity contribution in [3.63, 3.8) is 0 Å². The van der Waals surface area contributed by atoms with Gasteiger partial charge >= 0.3 is 0 Å². The molecule has 4 aromatic heterocycles. The van der Waals surface area contributed by atoms with Crippen LogP contribution >= 0.6 is 0 Å². The highest BCUT2D eigenvalue weighted by Crippen LogP contribution is 2.46. The first kappa shape index (κ1) is 39.6. The van der Waals surface area contributed by atoms with E-state index in [0.717, 1.165) is 111 Å². The summed E-state index contributed by atoms with van der Waals surface area (Å²) in [4.78, 5) is 20.8. The summed E-state index contributed by atoms with van der Waals surface area (Å²) >= 11 is 0. The van der Waals surface area contributed by atoms with Gasteiger partial charge in [0, 0.05) is 71.2 Å². The van der Waals surface area contributed by atoms with E-state index in [9.17, 15) is 0 Å². The molecule has 0 amide bonds. The van der Waals surface area contributed by atoms with Gasteiger partial charge in [-0.1, -0.05) is 188 Å². The number of hydrogen-bond acceptors (Lipinski definition) is 5. The van der Waals surface area contributed by atoms with Crippen molar-refractivity contribution in [1.29, 1.82) is 0 Å². The Labute approximate surface area is 402 Å². The first-order valence-electron chi connectivity index (χ1n) is 23.5. The lowest BCUT2D eigenvalue weighted by Gasteiger charge is -2.16. The summed E-state index contributed by atoms with van der Waals surface area (Å²) in [7, 11) is 0. The largest absolute Gasteiger partial charge is 0.456 e. The number of furan rings is 1. The van der Waals surface area contributed by atoms with Gasteiger partial charge in [0.2, 0.25) is 0 Å². The Morgan fingerprint density at radius 2 is 0.829 bits per heavy atom. The van der Waals surface area contributed by atoms with Gasteiger partial charge in [0.25, 0.3) is 0 Å². The minimum atomic E-state index is 0.601. The standard InChI is InChI=1S/C64H39N5O/c1-3-17-41(18-4-1)58-59-50-27-7-11-29-53(50)65-61(52(59)39-57-60(58)51-28-10-14-32-56(51)70-57)45-22-15-21-44(37-45)40-33-35-43(36-34-40)63-66-62(42-19-5-2-6-20-42)67-64(68-63)46-23-16-24-47(38-46)69-54-30-12-8-25-48(54)49-26-9-13-31-55(49)69/h1-39H. The van der Waals surface area contributed by atoms with Gasteiger partial charge in [-0.3, -0.25) is 0 Å². The maximum absolute atomic E-state index is 6.64. The molecule has 0 saturated carbocycles. The van der Waals surface area contributed by atoms with Crippen LogP contribution in [0, 0.1) is 0 Å². The normalized spacial score (nSPS) is 11.7. The second kappa shape index (κ2) is 16.1. The zero-order chi connectivity index (χ0) is 46.1. The molecule has 6 nitrogen and oxygen atoms in total. The van der Waals surface area contributed by atoms with E-state index < -0.39 is 0 Å². The monoisotopic (exact) mass is 893 g/mol. The average Bonchev–Trinajstić information content (AvgIpc) is 3.98. The van der Waals surface area contributed by atoms with Gasteiger partial charge in [-0.05, 0) is 65.2 Å². The lowest BCUT2D eigenvalue weighted by molar-refractivity contribution is 0.669. The Balaban J connectivity index is 0.880. The molecule has 0 N–H and O–H groups in total. The molecule has 0 unspecified atom stereocenters. The predicted octanol–water partition coefficient (Wildman–Crippen LogP) is 16.6. The molecule has 0 radical (unpaired) electrons. The fraction of sp³-hybridized carbons (Fsp3) is 0. The van der Waals surface area contributed by atoms with Crippen LogP contribution < -0.4 is 0 Å². The molecule has 14 aromatic rings. The lowest BCUT2D eigenvalue weighted by atomic mass is 9.89. The molecular formula is C64H39N5O. The first-order chi connectivity index (χ1) is 34.7. The smallest absolute Gasteiger partial charge is 0.164 e. The van der Waals surface area contributed by atoms with Crippen LogP contribution in [0.3, 0.4) is 0 Å². The van der Waals surface area contributed by atoms with Gasteiger partial charge in [0.15, 0.2) is 17.5 Å². The Hall–Kier alpha value is -9.52. The molecule has 0 aliphatic heterocycles. The van der Waals surface area contributed by atoms with Crippen molar-refractivity contribution in [2.75, 3.05) is 0 Å². The number of pyridine rings is 1. The van der Waals surface area contributed by atoms with Crippen LogP contribution in [-0.2, 0) is 0 Å². The maximum atomic E-state index is 6.64. The van der Waals surface area contributed by atoms with Crippen LogP contribution in [0.2, 0.25) is 0 Å². The third kappa shape index (κ3) is 6.49. The van der Waals surface area contributed by atoms with Crippen molar-refractivity contribution >= 4 is 65.4 Å². The molecule has 0 spiro atoms. The van der Waals surface area contributed by atoms with Crippen molar-refractivity contribution in [2.24, 2.45) is 0 Å². The molecule has 0 atom stereocenters. The highest BCUT2D eigenvalue weighted by Gasteiger charge is 2.22. The summed E-state index contributed by atoms with van der Waals surface area (Å²) in [5.41, 5.74) is 15.0. The van der Waals surface area contributed by atoms with E-state index in [-0.39, 0.29) is 0 Å². The summed E-state index contributed by atoms with van der Waals surface area (Å²) in [6.07, 6.45) is 0. The predicted molar refractivity (Wildman–Crippen MR) is 287 cm³/mol. The molecule has 10 aromatic carbocycles. The maximum Gasteiger partial charge on any atom is 0.164 e. The van der Waals surface area contributed by atoms with E-state index in [4.69, 9.17) is 24.4 Å². The average molecular weight is 894 g/mol. The number of hydrogen-bond donors (Lipinski definition) is 0. The Morgan fingerprint density at radius 3 is 1.56 bits per heavy atom. The number of aromatic nitrogens is 5. The zero-order valence-electron chi connectivity index (χ0n) is 37.7. The van der Waals surface area contributed by atoms with Gasteiger partial charge in [0.05, 0.1) is 22.2 Å². The first-order valence-corrected chi connectivity index (χ1v) is 23.5. The van der Waals surface area contributed by atoms with Crippen LogP contribution in [0.5, 0.6) is 0 Å². The van der Waals surface area contributed by atoms with E-state index in [0.29, 0.717) is 17.5 Å². The number of fused-ring (bicyclic) bond motifs is 9. The molecule has 326 valence electrons. The van der Waals surface area contributed by atoms with Gasteiger partial charge in [0.1, 0.15) is 11.2 Å². The summed E-state index contributed by atoms with van der Waals surface area (Å²) in [5, 5.41) is 7.94. The highest BCUT2D eigenvalue weighted by molar-refractivity contribution is 6.27. The molecule has 14 rings (SSSR count). The molecular weight excluding hydrogens is 855 g/mol. The molecule has 4 heterocycles. The van der Waals surface area contributed by atoms with E-state index in [2.05, 4.69) is 205 Å². The van der Waals surface area contributed by atoms with E-state index >= 15 is 0 Å². The van der Waals surface area contributed by atoms with Crippen LogP contribution in [0.25, 0.3) is 139 Å². The highest BCUT2D eigenvalue weighted by atomic mass is 16.3. The molecule has 0 aliphatic rings. The fourth-order valence-electron chi connectivity index (χ4n) is 10.4. The zero-order valence-corrected chi connectivity index (χ0v) is 37.7. The van der Waals surface area contributed by atoms with E-state index in [1.807, 2.05) is 36.4 Å². The number of para-hydroxylation sites is 4. The Kier molecular flexibility index (Phi) is 9.10. The minimum Gasteiger partial charge on any atom is -0.456 e. The summed E-state index contributed by atoms with van der Waals surface area (Å²) in [5.74, 6) is 1.82. The van der Waals surface area contributed by atoms with Gasteiger partial charge in [-0.25, -0.2) is 19.9 Å². The number of rotatable bonds is 7. The summed E-state index contributed by atoms with van der Waals surface area (Å²) in [6, 6.07) is 82.6. The molecule has 70 heavy (non-hydrogen) atoms. The second-order valence-corrected chi connectivity index (χ2v) is 17.7. The van der Waals surface area contributed by atoms with Crippen molar-refractivity contribution in [2.45, 2.75) is 0 Å². The van der Waals surface area contributed by atoms with Crippen LogP contribution in [-0.4, -0.2) is 24.5 Å². The van der Waals surface area contributed by atoms with Crippen molar-refractivity contribution in [3.05, 3.63) is 237 Å². The van der Waals surface area contributed by atoms with Gasteiger partial charge in [-0.15, -0.1) is 0 Å². The Bertz CT molecular complexity index is 4290. The third-order valence-electron chi connectivity index (χ3n) is 13.6. The van der Waals surface area contributed by atoms with Crippen LogP contribution in [0.15, 0.2) is 241 Å². The molecule has 6 heteroatoms. The summed E-state index contributed by atoms with van der Waals surface area (Å²) < 4.78 is 8.96. The van der Waals surface area contributed by atoms with E-state index in [1.165, 1.54) is 10.8 Å². The van der Waals surface area contributed by atoms with Crippen molar-refractivity contribution < 1.29 is 4.42 Å². The topological polar surface area (TPSA) is 69.6 Å². The fourth-order valence-corrected chi connectivity index (χ4v) is 10.4. The summed E-state index contributed by atoms with van der Waals surface area (Å²) in [6.45, 7) is 0.